The molecule has 91 heavy (non-hydrogen) atoms. The maximum absolute atomic E-state index is 16.7. The first-order valence-corrected chi connectivity index (χ1v) is 34.0. The molecule has 3 fully saturated rings. The van der Waals surface area contributed by atoms with E-state index in [1.807, 2.05) is 0 Å². The van der Waals surface area contributed by atoms with Gasteiger partial charge in [0.1, 0.15) is 61.3 Å². The number of urea groups is 1. The predicted octanol–water partition coefficient (Wildman–Crippen LogP) is 3.02. The number of nitrogens with zero attached hydrogens (tertiary/aromatic N) is 9. The van der Waals surface area contributed by atoms with Crippen LogP contribution >= 0.6 is 25.8 Å². The van der Waals surface area contributed by atoms with Crippen molar-refractivity contribution in [1.82, 2.24) is 65.2 Å². The van der Waals surface area contributed by atoms with Crippen LogP contribution in [0.25, 0.3) is 22.3 Å². The van der Waals surface area contributed by atoms with Crippen LogP contribution in [0.1, 0.15) is 76.8 Å². The van der Waals surface area contributed by atoms with E-state index in [2.05, 4.69) is 74.1 Å². The lowest BCUT2D eigenvalue weighted by Crippen LogP contribution is -2.54. The van der Waals surface area contributed by atoms with Crippen molar-refractivity contribution in [2.45, 2.75) is 127 Å². The number of benzene rings is 1. The molecule has 4 aliphatic rings. The highest BCUT2D eigenvalue weighted by Crippen LogP contribution is 2.59. The number of amides is 8. The van der Waals surface area contributed by atoms with Crippen molar-refractivity contribution < 1.29 is 84.1 Å². The van der Waals surface area contributed by atoms with Crippen molar-refractivity contribution >= 4 is 119 Å². The Balaban J connectivity index is 0.718. The zero-order valence-corrected chi connectivity index (χ0v) is 52.3. The fraction of sp³-hybridized carbons (Fsp3) is 0.519. The van der Waals surface area contributed by atoms with Crippen molar-refractivity contribution in [3.05, 3.63) is 67.3 Å². The highest BCUT2D eigenvalue weighted by Gasteiger charge is 2.54. The van der Waals surface area contributed by atoms with Gasteiger partial charge in [-0.05, 0) is 67.5 Å². The van der Waals surface area contributed by atoms with E-state index < -0.39 is 118 Å². The molecule has 3 saturated heterocycles. The van der Waals surface area contributed by atoms with Gasteiger partial charge in [-0.1, -0.05) is 44.6 Å². The van der Waals surface area contributed by atoms with Crippen LogP contribution in [0.2, 0.25) is 0 Å². The van der Waals surface area contributed by atoms with Crippen molar-refractivity contribution in [2.75, 3.05) is 55.8 Å². The third-order valence-electron chi connectivity index (χ3n) is 14.7. The number of rotatable bonds is 25. The third-order valence-corrected chi connectivity index (χ3v) is 17.9. The van der Waals surface area contributed by atoms with Gasteiger partial charge in [0.15, 0.2) is 53.2 Å². The molecule has 0 saturated carbocycles. The number of carbonyl (C=O) groups is 7. The second-order valence-electron chi connectivity index (χ2n) is 21.5. The number of imidazole rings is 2. The number of alkyl halides is 2. The zero-order valence-electron chi connectivity index (χ0n) is 48.8. The van der Waals surface area contributed by atoms with Crippen LogP contribution in [0.5, 0.6) is 0 Å². The van der Waals surface area contributed by atoms with Crippen LogP contribution in [-0.2, 0) is 79.3 Å². The monoisotopic (exact) mass is 1350 g/mol. The number of hydrogen-bond donors (Lipinski definition) is 10. The molecular weight excluding hydrogens is 1280 g/mol. The summed E-state index contributed by atoms with van der Waals surface area (Å²) in [5.74, 6) is -2.44. The number of aromatic nitrogens is 8. The molecule has 0 aliphatic carbocycles. The minimum atomic E-state index is -4.52. The van der Waals surface area contributed by atoms with Crippen LogP contribution in [0.4, 0.5) is 35.7 Å². The molecule has 12 atom stereocenters. The Kier molecular flexibility index (Phi) is 22.6. The largest absolute Gasteiger partial charge is 0.445 e. The molecule has 4 aliphatic heterocycles. The summed E-state index contributed by atoms with van der Waals surface area (Å²) in [4.78, 5) is 125. The highest BCUT2D eigenvalue weighted by atomic mass is 32.7. The molecule has 4 aromatic heterocycles. The fourth-order valence-electron chi connectivity index (χ4n) is 10.1. The van der Waals surface area contributed by atoms with E-state index in [0.717, 1.165) is 11.2 Å². The maximum Gasteiger partial charge on any atom is 0.407 e. The Hall–Kier alpha value is -7.44. The minimum Gasteiger partial charge on any atom is -0.445 e. The number of unbranched alkanes of at least 4 members (excludes halogenated alkanes) is 2. The smallest absolute Gasteiger partial charge is 0.407 e. The van der Waals surface area contributed by atoms with E-state index in [9.17, 15) is 43.0 Å². The second-order valence-corrected chi connectivity index (χ2v) is 27.2. The van der Waals surface area contributed by atoms with Gasteiger partial charge in [-0.2, -0.15) is 0 Å². The number of ether oxygens (including phenoxy) is 3. The summed E-state index contributed by atoms with van der Waals surface area (Å²) in [5.41, 5.74) is 12.6. The molecule has 39 heteroatoms. The number of thiol groups is 1. The fourth-order valence-corrected chi connectivity index (χ4v) is 13.0. The van der Waals surface area contributed by atoms with Gasteiger partial charge in [0.05, 0.1) is 25.9 Å². The van der Waals surface area contributed by atoms with E-state index in [-0.39, 0.29) is 104 Å². The molecule has 2 unspecified atom stereocenters. The molecule has 492 valence electrons. The number of anilines is 3. The Morgan fingerprint density at radius 2 is 1.42 bits per heavy atom. The van der Waals surface area contributed by atoms with Crippen LogP contribution < -0.4 is 43.4 Å². The third kappa shape index (κ3) is 17.4. The van der Waals surface area contributed by atoms with Crippen molar-refractivity contribution in [2.24, 2.45) is 11.7 Å². The van der Waals surface area contributed by atoms with E-state index in [1.54, 1.807) is 38.1 Å². The van der Waals surface area contributed by atoms with Crippen LogP contribution in [0.15, 0.2) is 61.7 Å². The highest BCUT2D eigenvalue weighted by molar-refractivity contribution is 8.44. The Morgan fingerprint density at radius 3 is 2.09 bits per heavy atom. The van der Waals surface area contributed by atoms with Gasteiger partial charge in [-0.3, -0.25) is 51.6 Å². The Labute approximate surface area is 527 Å². The van der Waals surface area contributed by atoms with Gasteiger partial charge in [-0.25, -0.2) is 52.8 Å². The number of primary amides is 1. The van der Waals surface area contributed by atoms with Gasteiger partial charge in [0, 0.05) is 50.4 Å². The number of nitrogens with two attached hydrogens (primary N) is 2. The quantitative estimate of drug-likeness (QED) is 0.0174. The molecule has 11 N–H and O–H groups in total. The van der Waals surface area contributed by atoms with Gasteiger partial charge in [0.2, 0.25) is 17.7 Å². The van der Waals surface area contributed by atoms with Gasteiger partial charge in [-0.15, -0.1) is 0 Å². The number of hydrogen-bond acceptors (Lipinski definition) is 24. The van der Waals surface area contributed by atoms with E-state index in [1.165, 1.54) is 40.3 Å². The Bertz CT molecular complexity index is 3600. The number of alkyl carbamates (subject to hydrolysis) is 1. The van der Waals surface area contributed by atoms with Crippen LogP contribution in [0, 0.1) is 5.92 Å². The lowest BCUT2D eigenvalue weighted by molar-refractivity contribution is -0.137. The van der Waals surface area contributed by atoms with E-state index in [0.29, 0.717) is 36.9 Å². The Morgan fingerprint density at radius 1 is 0.791 bits per heavy atom. The first-order valence-electron chi connectivity index (χ1n) is 28.7. The van der Waals surface area contributed by atoms with Crippen LogP contribution in [-0.4, -0.2) is 179 Å². The van der Waals surface area contributed by atoms with E-state index in [4.69, 9.17) is 55.6 Å². The molecule has 0 spiro atoms. The molecule has 33 nitrogen and oxygen atoms in total. The zero-order chi connectivity index (χ0) is 65.1. The minimum absolute atomic E-state index is 0.0222. The number of nitrogen functional groups attached to an aromatic ring is 1. The first kappa shape index (κ1) is 67.9. The summed E-state index contributed by atoms with van der Waals surface area (Å²) in [5, 5.41) is 16.5. The number of fused-ring (bicyclic) bond motifs is 4. The second kappa shape index (κ2) is 30.3. The molecule has 0 bridgehead atoms. The van der Waals surface area contributed by atoms with Gasteiger partial charge >= 0.3 is 25.6 Å². The maximum atomic E-state index is 16.7. The average molecular weight is 1350 g/mol. The normalized spacial score (nSPS) is 25.7. The summed E-state index contributed by atoms with van der Waals surface area (Å²) in [7, 11) is 0. The number of nitrogens with one attached hydrogen (secondary N) is 6. The summed E-state index contributed by atoms with van der Waals surface area (Å²) in [6, 6.07) is 3.54. The van der Waals surface area contributed by atoms with Crippen LogP contribution in [0.3, 0.4) is 0 Å². The summed E-state index contributed by atoms with van der Waals surface area (Å²) >= 11 is 9.34. The summed E-state index contributed by atoms with van der Waals surface area (Å²) < 4.78 is 88.9. The number of halogens is 2. The number of carbonyl (C=O) groups excluding carboxylic acids is 7. The first-order chi connectivity index (χ1) is 43.5. The SMILES string of the molecule is CC(C)[C@H](NC(=O)CCCCCN1C(=O)C=CC1=O)C(=O)N[C@@H](CCCNC(N)=O)C(=O)Nc1ccc(COC(=O)NCCCNc2ncnc3c2ncn3[C@@H]2O[C@@H]3COP(O)(=S)O[C@H]4[C@@H](F)[C@H](n5cnc6c(N)ncnc65)O[C@@H]4COP(=O)(S)O[C@H]3[C@H]2F)cc1. The lowest BCUT2D eigenvalue weighted by Gasteiger charge is -2.29. The molecular formula is C52H67F2N17O16P2S2. The topological polar surface area (TPSA) is 436 Å². The van der Waals surface area contributed by atoms with Crippen molar-refractivity contribution in [3.63, 3.8) is 0 Å². The molecule has 0 radical (unpaired) electrons. The number of imide groups is 1. The van der Waals surface area contributed by atoms with Crippen molar-refractivity contribution in [3.8, 4) is 0 Å². The molecule has 8 amide bonds. The molecule has 1 aromatic carbocycles. The van der Waals surface area contributed by atoms with Gasteiger partial charge < -0.3 is 67.0 Å². The predicted molar refractivity (Wildman–Crippen MR) is 324 cm³/mol. The molecule has 8 heterocycles. The summed E-state index contributed by atoms with van der Waals surface area (Å²) in [6.45, 7) is -6.20. The van der Waals surface area contributed by atoms with Crippen molar-refractivity contribution in [1.29, 1.82) is 0 Å². The van der Waals surface area contributed by atoms with E-state index >= 15 is 8.78 Å². The molecule has 9 rings (SSSR count). The summed E-state index contributed by atoms with van der Waals surface area (Å²) in [6.07, 6.45) is -4.69. The van der Waals surface area contributed by atoms with Gasteiger partial charge in [0.25, 0.3) is 11.8 Å². The average Bonchev–Trinajstić information content (AvgIpc) is 1.65. The lowest BCUT2D eigenvalue weighted by atomic mass is 10.0. The molecule has 5 aromatic rings. The standard InChI is InChI=1S/C52H67F2N17O16P2S2/c1-27(2)38(68-33(72)9-4-3-5-19-69-34(73)14-15-35(69)74)48(76)67-30(8-6-16-58-51(56)77)47(75)66-29-12-10-28(11-13-29)20-81-52(78)59-18-7-17-57-44-40-46(63-24-61-44)71(26-65-40)50-37(54)42-32(85-50)22-83-88(79,90)86-41-31(21-82-89(80,91)87-42)84-49(36(41)53)70-25-64-39-43(55)60-23-62-45(39)70/h10-15,23-27,30-32,36-38,41-42,49-50H,3-9,16-22H2,1-2H3,(H,59,78)(H,66,75)(H,67,76)(H,68,72)(H,79,90)(H,80,91)(H2,55,60,62)(H3,56,58,77)(H,57,61,63)/t30-,31+,32+,36+,37+,38-,41+,42+,49+,50+,88?,89?/m0/s1.